The van der Waals surface area contributed by atoms with Gasteiger partial charge in [0, 0.05) is 37.3 Å². The molecule has 0 saturated carbocycles. The minimum absolute atomic E-state index is 0.0863. The van der Waals surface area contributed by atoms with Gasteiger partial charge in [0.2, 0.25) is 0 Å². The van der Waals surface area contributed by atoms with Crippen LogP contribution < -0.4 is 5.73 Å². The summed E-state index contributed by atoms with van der Waals surface area (Å²) in [5, 5.41) is 0.170. The van der Waals surface area contributed by atoms with E-state index in [0.717, 1.165) is 25.9 Å². The van der Waals surface area contributed by atoms with Gasteiger partial charge in [0.1, 0.15) is 5.82 Å². The lowest BCUT2D eigenvalue weighted by Crippen LogP contribution is -2.45. The number of likely N-dealkylation sites (tertiary alicyclic amines) is 1. The number of nitrogens with zero attached hydrogens (tertiary/aromatic N) is 2. The Labute approximate surface area is 125 Å². The molecule has 1 atom stereocenters. The molecular formula is C15H23ClFN3. The maximum absolute atomic E-state index is 14.2. The van der Waals surface area contributed by atoms with Crippen molar-refractivity contribution in [3.8, 4) is 0 Å². The van der Waals surface area contributed by atoms with E-state index in [9.17, 15) is 4.39 Å². The third kappa shape index (κ3) is 3.31. The van der Waals surface area contributed by atoms with Crippen molar-refractivity contribution < 1.29 is 4.39 Å². The van der Waals surface area contributed by atoms with Gasteiger partial charge in [-0.15, -0.1) is 0 Å². The Balaban J connectivity index is 2.12. The average Bonchev–Trinajstić information content (AvgIpc) is 2.45. The van der Waals surface area contributed by atoms with Crippen molar-refractivity contribution in [3.05, 3.63) is 34.6 Å². The summed E-state index contributed by atoms with van der Waals surface area (Å²) in [6.45, 7) is 2.29. The molecule has 0 amide bonds. The zero-order valence-electron chi connectivity index (χ0n) is 12.1. The normalized spacial score (nSPS) is 19.5. The van der Waals surface area contributed by atoms with Gasteiger partial charge in [0.15, 0.2) is 0 Å². The third-order valence-electron chi connectivity index (χ3n) is 4.23. The van der Waals surface area contributed by atoms with Gasteiger partial charge in [-0.3, -0.25) is 4.90 Å². The van der Waals surface area contributed by atoms with Gasteiger partial charge in [-0.05, 0) is 33.0 Å². The second-order valence-corrected chi connectivity index (χ2v) is 6.03. The molecule has 2 rings (SSSR count). The highest BCUT2D eigenvalue weighted by molar-refractivity contribution is 6.30. The van der Waals surface area contributed by atoms with Crippen LogP contribution >= 0.6 is 11.6 Å². The van der Waals surface area contributed by atoms with E-state index in [0.29, 0.717) is 18.2 Å². The van der Waals surface area contributed by atoms with E-state index in [2.05, 4.69) is 23.9 Å². The van der Waals surface area contributed by atoms with E-state index in [4.69, 9.17) is 17.3 Å². The van der Waals surface area contributed by atoms with Crippen molar-refractivity contribution in [2.24, 2.45) is 5.73 Å². The monoisotopic (exact) mass is 299 g/mol. The number of piperidine rings is 1. The first kappa shape index (κ1) is 15.7. The summed E-state index contributed by atoms with van der Waals surface area (Å²) in [6, 6.07) is 5.67. The molecule has 1 aromatic carbocycles. The van der Waals surface area contributed by atoms with Crippen LogP contribution in [0.5, 0.6) is 0 Å². The van der Waals surface area contributed by atoms with Gasteiger partial charge in [-0.1, -0.05) is 23.7 Å². The number of halogens is 2. The fourth-order valence-corrected chi connectivity index (χ4v) is 3.15. The van der Waals surface area contributed by atoms with Gasteiger partial charge >= 0.3 is 0 Å². The number of rotatable bonds is 4. The number of hydrogen-bond acceptors (Lipinski definition) is 3. The Hall–Kier alpha value is -0.680. The highest BCUT2D eigenvalue weighted by atomic mass is 35.5. The molecule has 0 spiro atoms. The molecular weight excluding hydrogens is 277 g/mol. The highest BCUT2D eigenvalue weighted by Gasteiger charge is 2.28. The van der Waals surface area contributed by atoms with Crippen molar-refractivity contribution >= 4 is 11.6 Å². The predicted molar refractivity (Wildman–Crippen MR) is 81.5 cm³/mol. The largest absolute Gasteiger partial charge is 0.329 e. The molecule has 1 fully saturated rings. The summed E-state index contributed by atoms with van der Waals surface area (Å²) < 4.78 is 14.2. The summed E-state index contributed by atoms with van der Waals surface area (Å²) in [5.74, 6) is -0.334. The van der Waals surface area contributed by atoms with E-state index in [1.807, 2.05) is 0 Å². The molecule has 1 aromatic rings. The zero-order valence-corrected chi connectivity index (χ0v) is 12.9. The Kier molecular flexibility index (Phi) is 5.38. The molecule has 0 radical (unpaired) electrons. The topological polar surface area (TPSA) is 32.5 Å². The molecule has 112 valence electrons. The Morgan fingerprint density at radius 2 is 2.05 bits per heavy atom. The van der Waals surface area contributed by atoms with Crippen LogP contribution in [0.15, 0.2) is 18.2 Å². The average molecular weight is 300 g/mol. The summed E-state index contributed by atoms with van der Waals surface area (Å²) in [4.78, 5) is 4.53. The molecule has 3 nitrogen and oxygen atoms in total. The molecule has 5 heteroatoms. The van der Waals surface area contributed by atoms with Crippen molar-refractivity contribution in [2.45, 2.75) is 24.9 Å². The zero-order chi connectivity index (χ0) is 14.7. The second kappa shape index (κ2) is 6.85. The lowest BCUT2D eigenvalue weighted by molar-refractivity contribution is 0.109. The van der Waals surface area contributed by atoms with Crippen LogP contribution in [0.4, 0.5) is 4.39 Å². The smallest absolute Gasteiger partial charge is 0.146 e. The van der Waals surface area contributed by atoms with Crippen molar-refractivity contribution in [3.63, 3.8) is 0 Å². The molecule has 1 heterocycles. The number of benzene rings is 1. The van der Waals surface area contributed by atoms with Crippen LogP contribution in [0, 0.1) is 5.82 Å². The van der Waals surface area contributed by atoms with E-state index in [-0.39, 0.29) is 16.9 Å². The molecule has 0 aliphatic carbocycles. The molecule has 1 unspecified atom stereocenters. The fraction of sp³-hybridized carbons (Fsp3) is 0.600. The van der Waals surface area contributed by atoms with Crippen LogP contribution in [0.2, 0.25) is 5.02 Å². The van der Waals surface area contributed by atoms with E-state index in [1.54, 1.807) is 18.2 Å². The number of nitrogens with two attached hydrogens (primary N) is 1. The lowest BCUT2D eigenvalue weighted by Gasteiger charge is -2.39. The lowest BCUT2D eigenvalue weighted by atomic mass is 9.98. The second-order valence-electron chi connectivity index (χ2n) is 5.63. The van der Waals surface area contributed by atoms with Gasteiger partial charge < -0.3 is 10.6 Å². The molecule has 20 heavy (non-hydrogen) atoms. The Morgan fingerprint density at radius 1 is 1.40 bits per heavy atom. The summed E-state index contributed by atoms with van der Waals surface area (Å²) in [6.07, 6.45) is 2.18. The van der Waals surface area contributed by atoms with Gasteiger partial charge in [-0.25, -0.2) is 4.39 Å². The first-order valence-corrected chi connectivity index (χ1v) is 7.46. The maximum atomic E-state index is 14.2. The van der Waals surface area contributed by atoms with E-state index in [1.165, 1.54) is 0 Å². The van der Waals surface area contributed by atoms with Crippen LogP contribution in [0.25, 0.3) is 0 Å². The van der Waals surface area contributed by atoms with Gasteiger partial charge in [0.25, 0.3) is 0 Å². The number of hydrogen-bond donors (Lipinski definition) is 1. The van der Waals surface area contributed by atoms with Crippen LogP contribution in [0.1, 0.15) is 24.4 Å². The predicted octanol–water partition coefficient (Wildman–Crippen LogP) is 2.50. The van der Waals surface area contributed by atoms with Crippen LogP contribution in [0.3, 0.4) is 0 Å². The summed E-state index contributed by atoms with van der Waals surface area (Å²) >= 11 is 5.88. The van der Waals surface area contributed by atoms with Crippen LogP contribution in [-0.2, 0) is 0 Å². The Bertz CT molecular complexity index is 445. The van der Waals surface area contributed by atoms with Crippen molar-refractivity contribution in [2.75, 3.05) is 33.7 Å². The summed E-state index contributed by atoms with van der Waals surface area (Å²) in [5.41, 5.74) is 6.50. The van der Waals surface area contributed by atoms with Crippen molar-refractivity contribution in [1.82, 2.24) is 9.80 Å². The molecule has 0 aromatic heterocycles. The Morgan fingerprint density at radius 3 is 2.60 bits per heavy atom. The minimum Gasteiger partial charge on any atom is -0.329 e. The fourth-order valence-electron chi connectivity index (χ4n) is 2.96. The van der Waals surface area contributed by atoms with Crippen LogP contribution in [-0.4, -0.2) is 49.6 Å². The highest BCUT2D eigenvalue weighted by Crippen LogP contribution is 2.29. The van der Waals surface area contributed by atoms with Crippen molar-refractivity contribution in [1.29, 1.82) is 0 Å². The SMILES string of the molecule is CN(C)C1CCN(C(CN)c2cccc(Cl)c2F)CC1. The molecule has 0 bridgehead atoms. The van der Waals surface area contributed by atoms with E-state index >= 15 is 0 Å². The third-order valence-corrected chi connectivity index (χ3v) is 4.53. The van der Waals surface area contributed by atoms with Gasteiger partial charge in [0.05, 0.1) is 5.02 Å². The standard InChI is InChI=1S/C15H23ClFN3/c1-19(2)11-6-8-20(9-7-11)14(10-18)12-4-3-5-13(16)15(12)17/h3-5,11,14H,6-10,18H2,1-2H3. The molecule has 1 aliphatic rings. The first-order valence-electron chi connectivity index (χ1n) is 7.09. The molecule has 1 aliphatic heterocycles. The minimum atomic E-state index is -0.334. The quantitative estimate of drug-likeness (QED) is 0.927. The molecule has 1 saturated heterocycles. The molecule has 2 N–H and O–H groups in total. The van der Waals surface area contributed by atoms with Gasteiger partial charge in [-0.2, -0.15) is 0 Å². The van der Waals surface area contributed by atoms with E-state index < -0.39 is 0 Å². The first-order chi connectivity index (χ1) is 9.54. The summed E-state index contributed by atoms with van der Waals surface area (Å²) in [7, 11) is 4.22. The maximum Gasteiger partial charge on any atom is 0.146 e.